The SMILES string of the molecule is C=N/C(=C\C(=N/Cn1c2ccccc2c2cc3c(cc21)c1ccccc1n3-c1cc(-c2ccccc2)cc(-c2ccccc2)c1)c1ccc2c(c1)-c1ccccc1\C=C/C=C\C=C\N2)c1ccc2c(c1)c1ccccc1n2-c1ccccc1. The Morgan fingerprint density at radius 2 is 0.952 bits per heavy atom. The summed E-state index contributed by atoms with van der Waals surface area (Å²) in [6.07, 6.45) is 14.5. The summed E-state index contributed by atoms with van der Waals surface area (Å²) < 4.78 is 7.17. The van der Waals surface area contributed by atoms with Gasteiger partial charge in [0, 0.05) is 72.3 Å². The molecule has 0 fully saturated rings. The van der Waals surface area contributed by atoms with E-state index in [1.54, 1.807) is 0 Å². The number of allylic oxidation sites excluding steroid dienone is 5. The average Bonchev–Trinajstić information content (AvgIpc) is 2.60. The molecule has 15 rings (SSSR count). The number of benzene rings is 11. The topological polar surface area (TPSA) is 51.5 Å². The Morgan fingerprint density at radius 1 is 0.398 bits per heavy atom. The molecule has 0 saturated heterocycles. The molecular weight excluding hydrogens is 1010 g/mol. The summed E-state index contributed by atoms with van der Waals surface area (Å²) in [5.74, 6) is 0. The van der Waals surface area contributed by atoms with Crippen LogP contribution in [0.3, 0.4) is 0 Å². The van der Waals surface area contributed by atoms with Gasteiger partial charge in [0.15, 0.2) is 0 Å². The lowest BCUT2D eigenvalue weighted by molar-refractivity contribution is 0.794. The molecule has 14 aromatic rings. The fourth-order valence-corrected chi connectivity index (χ4v) is 12.4. The Morgan fingerprint density at radius 3 is 1.66 bits per heavy atom. The van der Waals surface area contributed by atoms with Crippen molar-refractivity contribution < 1.29 is 0 Å². The first kappa shape index (κ1) is 49.0. The van der Waals surface area contributed by atoms with Crippen molar-refractivity contribution >= 4 is 95.3 Å². The molecule has 0 spiro atoms. The van der Waals surface area contributed by atoms with Crippen LogP contribution in [0.2, 0.25) is 0 Å². The highest BCUT2D eigenvalue weighted by molar-refractivity contribution is 6.19. The van der Waals surface area contributed by atoms with Crippen molar-refractivity contribution in [1.82, 2.24) is 13.7 Å². The van der Waals surface area contributed by atoms with Crippen molar-refractivity contribution in [1.29, 1.82) is 0 Å². The Kier molecular flexibility index (Phi) is 12.3. The van der Waals surface area contributed by atoms with Crippen LogP contribution < -0.4 is 5.32 Å². The maximum atomic E-state index is 5.72. The summed E-state index contributed by atoms with van der Waals surface area (Å²) in [7, 11) is 0. The normalized spacial score (nSPS) is 13.9. The van der Waals surface area contributed by atoms with Gasteiger partial charge < -0.3 is 19.0 Å². The number of aromatic nitrogens is 3. The maximum Gasteiger partial charge on any atom is 0.115 e. The third-order valence-electron chi connectivity index (χ3n) is 16.3. The number of rotatable bonds is 10. The summed E-state index contributed by atoms with van der Waals surface area (Å²) in [6, 6.07) is 91.7. The highest BCUT2D eigenvalue weighted by Gasteiger charge is 2.21. The largest absolute Gasteiger partial charge is 0.361 e. The zero-order valence-corrected chi connectivity index (χ0v) is 45.4. The van der Waals surface area contributed by atoms with Gasteiger partial charge in [-0.2, -0.15) is 0 Å². The van der Waals surface area contributed by atoms with Crippen LogP contribution in [0.15, 0.2) is 301 Å². The van der Waals surface area contributed by atoms with E-state index in [-0.39, 0.29) is 0 Å². The lowest BCUT2D eigenvalue weighted by Gasteiger charge is -2.15. The van der Waals surface area contributed by atoms with Crippen molar-refractivity contribution in [2.75, 3.05) is 5.32 Å². The maximum absolute atomic E-state index is 5.72. The molecule has 0 radical (unpaired) electrons. The molecule has 4 heterocycles. The number of anilines is 1. The Balaban J connectivity index is 0.928. The average molecular weight is 1060 g/mol. The highest BCUT2D eigenvalue weighted by atomic mass is 15.1. The second-order valence-corrected chi connectivity index (χ2v) is 21.1. The van der Waals surface area contributed by atoms with Crippen molar-refractivity contribution in [3.63, 3.8) is 0 Å². The van der Waals surface area contributed by atoms with E-state index in [9.17, 15) is 0 Å². The van der Waals surface area contributed by atoms with Crippen molar-refractivity contribution in [3.8, 4) is 44.8 Å². The van der Waals surface area contributed by atoms with E-state index in [1.807, 2.05) is 18.4 Å². The quantitative estimate of drug-likeness (QED) is 0.136. The van der Waals surface area contributed by atoms with Gasteiger partial charge in [-0.25, -0.2) is 0 Å². The van der Waals surface area contributed by atoms with Crippen LogP contribution in [-0.4, -0.2) is 26.1 Å². The summed E-state index contributed by atoms with van der Waals surface area (Å²) in [5, 5.41) is 10.6. The van der Waals surface area contributed by atoms with Gasteiger partial charge in [-0.15, -0.1) is 0 Å². The molecule has 0 amide bonds. The molecule has 11 aromatic carbocycles. The van der Waals surface area contributed by atoms with Crippen LogP contribution in [0.4, 0.5) is 5.69 Å². The molecule has 0 bridgehead atoms. The van der Waals surface area contributed by atoms with Crippen LogP contribution >= 0.6 is 0 Å². The van der Waals surface area contributed by atoms with Gasteiger partial charge in [0.1, 0.15) is 6.67 Å². The number of hydrogen-bond acceptors (Lipinski definition) is 3. The van der Waals surface area contributed by atoms with Gasteiger partial charge in [0.2, 0.25) is 0 Å². The predicted octanol–water partition coefficient (Wildman–Crippen LogP) is 19.7. The van der Waals surface area contributed by atoms with Gasteiger partial charge in [-0.3, -0.25) is 9.98 Å². The molecule has 6 heteroatoms. The number of hydrogen-bond donors (Lipinski definition) is 1. The molecule has 6 nitrogen and oxygen atoms in total. The first-order valence-electron chi connectivity index (χ1n) is 28.2. The number of aliphatic imine (C=N–C) groups is 2. The third-order valence-corrected chi connectivity index (χ3v) is 16.3. The first-order chi connectivity index (χ1) is 41.1. The lowest BCUT2D eigenvalue weighted by atomic mass is 9.94. The van der Waals surface area contributed by atoms with Crippen LogP contribution in [0, 0.1) is 0 Å². The molecular formula is C77H54N6. The van der Waals surface area contributed by atoms with Gasteiger partial charge in [-0.05, 0) is 137 Å². The fraction of sp³-hybridized carbons (Fsp3) is 0.0130. The van der Waals surface area contributed by atoms with E-state index in [0.717, 1.165) is 117 Å². The summed E-state index contributed by atoms with van der Waals surface area (Å²) in [6.45, 7) is 4.55. The van der Waals surface area contributed by atoms with Gasteiger partial charge in [0.05, 0.1) is 44.5 Å². The minimum absolute atomic E-state index is 0.330. The first-order valence-corrected chi connectivity index (χ1v) is 28.2. The minimum atomic E-state index is 0.330. The third kappa shape index (κ3) is 8.78. The van der Waals surface area contributed by atoms with Crippen molar-refractivity contribution in [2.24, 2.45) is 9.98 Å². The monoisotopic (exact) mass is 1060 g/mol. The number of para-hydroxylation sites is 4. The van der Waals surface area contributed by atoms with Crippen molar-refractivity contribution in [3.05, 3.63) is 308 Å². The van der Waals surface area contributed by atoms with E-state index >= 15 is 0 Å². The van der Waals surface area contributed by atoms with E-state index in [0.29, 0.717) is 6.67 Å². The predicted molar refractivity (Wildman–Crippen MR) is 352 cm³/mol. The smallest absolute Gasteiger partial charge is 0.115 e. The number of fused-ring (bicyclic) bond motifs is 12. The van der Waals surface area contributed by atoms with E-state index in [1.165, 1.54) is 27.3 Å². The van der Waals surface area contributed by atoms with E-state index in [2.05, 4.69) is 305 Å². The molecule has 0 saturated carbocycles. The van der Waals surface area contributed by atoms with Crippen LogP contribution in [0.5, 0.6) is 0 Å². The molecule has 3 aromatic heterocycles. The highest BCUT2D eigenvalue weighted by Crippen LogP contribution is 2.42. The van der Waals surface area contributed by atoms with E-state index in [4.69, 9.17) is 9.98 Å². The second-order valence-electron chi connectivity index (χ2n) is 21.1. The zero-order chi connectivity index (χ0) is 55.2. The Hall–Kier alpha value is -11.1. The standard InChI is InChI=1S/C77H54N6/c1-78-70(55-39-41-75-66(47-55)63-33-17-20-36-73(63)82(75)59-29-12-6-13-30-59)50-71(56-38-40-69-65(46-56)61-31-15-14-28-54(61)27-7-2-3-22-42-79-69)80-51-81-72-35-19-16-32-62(72)67-49-77-68(48-76(67)81)64-34-18-21-37-74(64)83(77)60-44-57(52-23-8-4-9-24-52)43-58(45-60)53-25-10-5-11-26-53/h2-50,79H,1,51H2/b3-2-,27-7-,42-22+,70-50-,80-71+. The second kappa shape index (κ2) is 20.9. The van der Waals surface area contributed by atoms with Crippen LogP contribution in [0.1, 0.15) is 16.7 Å². The van der Waals surface area contributed by atoms with Crippen LogP contribution in [-0.2, 0) is 6.67 Å². The number of nitrogens with one attached hydrogen (secondary N) is 1. The summed E-state index contributed by atoms with van der Waals surface area (Å²) >= 11 is 0. The summed E-state index contributed by atoms with van der Waals surface area (Å²) in [4.78, 5) is 10.5. The zero-order valence-electron chi connectivity index (χ0n) is 45.4. The Bertz CT molecular complexity index is 4970. The van der Waals surface area contributed by atoms with E-state index < -0.39 is 0 Å². The lowest BCUT2D eigenvalue weighted by Crippen LogP contribution is -2.05. The molecule has 392 valence electrons. The molecule has 0 atom stereocenters. The molecule has 1 aliphatic rings. The minimum Gasteiger partial charge on any atom is -0.361 e. The number of nitrogens with zero attached hydrogens (tertiary/aromatic N) is 5. The Labute approximate surface area is 481 Å². The molecule has 0 unspecified atom stereocenters. The van der Waals surface area contributed by atoms with Gasteiger partial charge in [-0.1, -0.05) is 194 Å². The molecule has 83 heavy (non-hydrogen) atoms. The van der Waals surface area contributed by atoms with Gasteiger partial charge in [0.25, 0.3) is 0 Å². The van der Waals surface area contributed by atoms with Crippen molar-refractivity contribution in [2.45, 2.75) is 6.67 Å². The molecule has 1 N–H and O–H groups in total. The summed E-state index contributed by atoms with van der Waals surface area (Å²) in [5.41, 5.74) is 21.3. The van der Waals surface area contributed by atoms with Gasteiger partial charge >= 0.3 is 0 Å². The molecule has 1 aliphatic heterocycles. The fourth-order valence-electron chi connectivity index (χ4n) is 12.4. The van der Waals surface area contributed by atoms with Crippen LogP contribution in [0.25, 0.3) is 122 Å². The molecule has 0 aliphatic carbocycles.